The molecule has 1 saturated heterocycles. The number of aryl methyl sites for hydroxylation is 3. The molecule has 0 aromatic carbocycles. The van der Waals surface area contributed by atoms with Gasteiger partial charge in [0, 0.05) is 32.6 Å². The van der Waals surface area contributed by atoms with Crippen molar-refractivity contribution < 1.29 is 9.59 Å². The molecule has 1 atom stereocenters. The molecule has 1 N–H and O–H groups in total. The first-order valence-electron chi connectivity index (χ1n) is 9.30. The molecule has 2 amide bonds. The van der Waals surface area contributed by atoms with Crippen molar-refractivity contribution in [2.24, 2.45) is 13.0 Å². The molecule has 0 aliphatic carbocycles. The van der Waals surface area contributed by atoms with E-state index in [0.717, 1.165) is 36.1 Å². The summed E-state index contributed by atoms with van der Waals surface area (Å²) in [6.07, 6.45) is 3.88. The first kappa shape index (κ1) is 18.4. The fourth-order valence-electron chi connectivity index (χ4n) is 3.66. The van der Waals surface area contributed by atoms with Crippen LogP contribution in [-0.4, -0.2) is 55.4 Å². The van der Waals surface area contributed by atoms with Gasteiger partial charge in [0.1, 0.15) is 11.0 Å². The van der Waals surface area contributed by atoms with Gasteiger partial charge in [0.2, 0.25) is 11.8 Å². The maximum absolute atomic E-state index is 12.6. The first-order valence-corrected chi connectivity index (χ1v) is 9.30. The number of carbonyl (C=O) groups excluding carboxylic acids is 2. The summed E-state index contributed by atoms with van der Waals surface area (Å²) in [6, 6.07) is 0.124. The largest absolute Gasteiger partial charge is 0.354 e. The van der Waals surface area contributed by atoms with Crippen LogP contribution < -0.4 is 5.32 Å². The van der Waals surface area contributed by atoms with Crippen molar-refractivity contribution >= 4 is 22.8 Å². The maximum Gasteiger partial charge on any atom is 0.225 e. The van der Waals surface area contributed by atoms with Crippen molar-refractivity contribution in [2.75, 3.05) is 13.1 Å². The molecule has 8 heteroatoms. The summed E-state index contributed by atoms with van der Waals surface area (Å²) >= 11 is 0. The molecule has 3 heterocycles. The molecule has 0 radical (unpaired) electrons. The molecule has 1 fully saturated rings. The van der Waals surface area contributed by atoms with Crippen LogP contribution in [0, 0.1) is 12.8 Å². The van der Waals surface area contributed by atoms with Gasteiger partial charge in [0.25, 0.3) is 0 Å². The van der Waals surface area contributed by atoms with E-state index < -0.39 is 0 Å². The second-order valence-electron chi connectivity index (χ2n) is 7.40. The average Bonchev–Trinajstić information content (AvgIpc) is 3.14. The number of aromatic nitrogens is 4. The Bertz CT molecular complexity index is 806. The van der Waals surface area contributed by atoms with E-state index in [0.29, 0.717) is 19.5 Å². The predicted octanol–water partition coefficient (Wildman–Crippen LogP) is 1.23. The van der Waals surface area contributed by atoms with Crippen molar-refractivity contribution in [3.05, 3.63) is 11.9 Å². The highest BCUT2D eigenvalue weighted by atomic mass is 16.2. The van der Waals surface area contributed by atoms with Crippen LogP contribution in [0.25, 0.3) is 11.0 Å². The highest BCUT2D eigenvalue weighted by Crippen LogP contribution is 2.19. The number of fused-ring (bicyclic) bond motifs is 1. The van der Waals surface area contributed by atoms with Gasteiger partial charge < -0.3 is 10.2 Å². The van der Waals surface area contributed by atoms with Gasteiger partial charge in [0.05, 0.1) is 24.4 Å². The van der Waals surface area contributed by atoms with E-state index in [1.807, 2.05) is 37.4 Å². The van der Waals surface area contributed by atoms with Crippen LogP contribution in [-0.2, 0) is 23.2 Å². The van der Waals surface area contributed by atoms with Gasteiger partial charge in [-0.05, 0) is 33.6 Å². The number of nitrogens with zero attached hydrogens (tertiary/aromatic N) is 5. The molecule has 2 aromatic heterocycles. The third-order valence-electron chi connectivity index (χ3n) is 4.92. The summed E-state index contributed by atoms with van der Waals surface area (Å²) in [5.74, 6) is 0.0292. The summed E-state index contributed by atoms with van der Waals surface area (Å²) in [7, 11) is 1.89. The SMILES string of the molecule is Cc1nn(C)c2cnn(CCC(=O)N3CCCC(C(=O)NC(C)C)C3)c12. The Kier molecular flexibility index (Phi) is 5.29. The number of carbonyl (C=O) groups is 2. The molecule has 8 nitrogen and oxygen atoms in total. The molecule has 26 heavy (non-hydrogen) atoms. The van der Waals surface area contributed by atoms with E-state index in [1.54, 1.807) is 10.9 Å². The number of nitrogens with one attached hydrogen (secondary N) is 1. The zero-order valence-electron chi connectivity index (χ0n) is 16.0. The van der Waals surface area contributed by atoms with Crippen LogP contribution in [0.1, 0.15) is 38.8 Å². The van der Waals surface area contributed by atoms with E-state index in [1.165, 1.54) is 0 Å². The van der Waals surface area contributed by atoms with E-state index in [4.69, 9.17) is 0 Å². The number of amides is 2. The Morgan fingerprint density at radius 2 is 2.15 bits per heavy atom. The Morgan fingerprint density at radius 3 is 2.88 bits per heavy atom. The van der Waals surface area contributed by atoms with E-state index in [9.17, 15) is 9.59 Å². The van der Waals surface area contributed by atoms with Crippen LogP contribution in [0.2, 0.25) is 0 Å². The molecular weight excluding hydrogens is 332 g/mol. The fourth-order valence-corrected chi connectivity index (χ4v) is 3.66. The number of rotatable bonds is 5. The minimum Gasteiger partial charge on any atom is -0.354 e. The second kappa shape index (κ2) is 7.47. The zero-order valence-corrected chi connectivity index (χ0v) is 16.0. The van der Waals surface area contributed by atoms with Gasteiger partial charge in [-0.2, -0.15) is 10.2 Å². The molecule has 1 unspecified atom stereocenters. The van der Waals surface area contributed by atoms with Gasteiger partial charge in [-0.1, -0.05) is 0 Å². The standard InChI is InChI=1S/C18H28N6O2/c1-12(2)20-18(26)14-6-5-8-23(11-14)16(25)7-9-24-17-13(3)21-22(4)15(17)10-19-24/h10,12,14H,5-9,11H2,1-4H3,(H,20,26). The van der Waals surface area contributed by atoms with Crippen molar-refractivity contribution in [3.8, 4) is 0 Å². The number of hydrogen-bond donors (Lipinski definition) is 1. The molecule has 1 aliphatic heterocycles. The molecule has 0 saturated carbocycles. The minimum atomic E-state index is -0.105. The maximum atomic E-state index is 12.6. The Morgan fingerprint density at radius 1 is 1.38 bits per heavy atom. The van der Waals surface area contributed by atoms with Crippen molar-refractivity contribution in [3.63, 3.8) is 0 Å². The Balaban J connectivity index is 1.60. The summed E-state index contributed by atoms with van der Waals surface area (Å²) in [5, 5.41) is 11.7. The first-order chi connectivity index (χ1) is 12.4. The lowest BCUT2D eigenvalue weighted by Crippen LogP contribution is -2.46. The van der Waals surface area contributed by atoms with Gasteiger partial charge in [-0.25, -0.2) is 0 Å². The number of piperidine rings is 1. The topological polar surface area (TPSA) is 85.1 Å². The molecule has 0 spiro atoms. The lowest BCUT2D eigenvalue weighted by atomic mass is 9.96. The van der Waals surface area contributed by atoms with Crippen molar-refractivity contribution in [1.82, 2.24) is 29.8 Å². The Labute approximate surface area is 153 Å². The van der Waals surface area contributed by atoms with Gasteiger partial charge >= 0.3 is 0 Å². The molecule has 0 bridgehead atoms. The van der Waals surface area contributed by atoms with Crippen LogP contribution in [0.15, 0.2) is 6.20 Å². The van der Waals surface area contributed by atoms with Gasteiger partial charge in [-0.15, -0.1) is 0 Å². The van der Waals surface area contributed by atoms with Crippen molar-refractivity contribution in [2.45, 2.75) is 52.6 Å². The Hall–Kier alpha value is -2.38. The molecule has 142 valence electrons. The smallest absolute Gasteiger partial charge is 0.225 e. The lowest BCUT2D eigenvalue weighted by Gasteiger charge is -2.32. The van der Waals surface area contributed by atoms with Crippen LogP contribution in [0.3, 0.4) is 0 Å². The highest BCUT2D eigenvalue weighted by Gasteiger charge is 2.28. The van der Waals surface area contributed by atoms with Crippen LogP contribution >= 0.6 is 0 Å². The summed E-state index contributed by atoms with van der Waals surface area (Å²) < 4.78 is 3.65. The highest BCUT2D eigenvalue weighted by molar-refractivity contribution is 5.82. The van der Waals surface area contributed by atoms with E-state index in [-0.39, 0.29) is 23.8 Å². The minimum absolute atomic E-state index is 0.0530. The van der Waals surface area contributed by atoms with Crippen LogP contribution in [0.5, 0.6) is 0 Å². The summed E-state index contributed by atoms with van der Waals surface area (Å²) in [6.45, 7) is 7.62. The number of hydrogen-bond acceptors (Lipinski definition) is 4. The van der Waals surface area contributed by atoms with E-state index in [2.05, 4.69) is 15.5 Å². The predicted molar refractivity (Wildman–Crippen MR) is 98.4 cm³/mol. The quantitative estimate of drug-likeness (QED) is 0.869. The third-order valence-corrected chi connectivity index (χ3v) is 4.92. The molecule has 3 rings (SSSR count). The number of likely N-dealkylation sites (tertiary alicyclic amines) is 1. The lowest BCUT2D eigenvalue weighted by molar-refractivity contribution is -0.136. The van der Waals surface area contributed by atoms with Gasteiger partial charge in [0.15, 0.2) is 0 Å². The summed E-state index contributed by atoms with van der Waals surface area (Å²) in [5.41, 5.74) is 2.86. The third kappa shape index (κ3) is 3.73. The van der Waals surface area contributed by atoms with Crippen molar-refractivity contribution in [1.29, 1.82) is 0 Å². The molecular formula is C18H28N6O2. The molecule has 1 aliphatic rings. The monoisotopic (exact) mass is 360 g/mol. The normalized spacial score (nSPS) is 17.9. The van der Waals surface area contributed by atoms with E-state index >= 15 is 0 Å². The second-order valence-corrected chi connectivity index (χ2v) is 7.40. The fraction of sp³-hybridized carbons (Fsp3) is 0.667. The average molecular weight is 360 g/mol. The molecule has 2 aromatic rings. The van der Waals surface area contributed by atoms with Crippen LogP contribution in [0.4, 0.5) is 0 Å². The van der Waals surface area contributed by atoms with Gasteiger partial charge in [-0.3, -0.25) is 19.0 Å². The zero-order chi connectivity index (χ0) is 18.8. The summed E-state index contributed by atoms with van der Waals surface area (Å²) in [4.78, 5) is 26.7.